The first kappa shape index (κ1) is 15.4. The van der Waals surface area contributed by atoms with Crippen molar-refractivity contribution in [1.82, 2.24) is 4.90 Å². The van der Waals surface area contributed by atoms with Crippen LogP contribution < -0.4 is 5.32 Å². The van der Waals surface area contributed by atoms with Crippen LogP contribution in [0.25, 0.3) is 0 Å². The second-order valence-electron chi connectivity index (χ2n) is 6.45. The van der Waals surface area contributed by atoms with Gasteiger partial charge in [0, 0.05) is 12.2 Å². The summed E-state index contributed by atoms with van der Waals surface area (Å²) in [6, 6.07) is 6.61. The highest BCUT2D eigenvalue weighted by Crippen LogP contribution is 2.24. The summed E-state index contributed by atoms with van der Waals surface area (Å²) in [5.74, 6) is -0.939. The lowest BCUT2D eigenvalue weighted by Gasteiger charge is -2.22. The van der Waals surface area contributed by atoms with Crippen LogP contribution in [0, 0.1) is 0 Å². The lowest BCUT2D eigenvalue weighted by atomic mass is 9.87. The molecule has 5 heteroatoms. The third-order valence-electron chi connectivity index (χ3n) is 3.80. The van der Waals surface area contributed by atoms with Crippen molar-refractivity contribution in [3.05, 3.63) is 29.8 Å². The van der Waals surface area contributed by atoms with Gasteiger partial charge in [-0.3, -0.25) is 0 Å². The topological polar surface area (TPSA) is 69.6 Å². The highest BCUT2D eigenvalue weighted by atomic mass is 16.4. The zero-order chi connectivity index (χ0) is 15.6. The van der Waals surface area contributed by atoms with Gasteiger partial charge in [0.25, 0.3) is 0 Å². The normalized spacial score (nSPS) is 18.6. The number of urea groups is 1. The summed E-state index contributed by atoms with van der Waals surface area (Å²) in [5, 5.41) is 11.9. The third-order valence-corrected chi connectivity index (χ3v) is 3.80. The van der Waals surface area contributed by atoms with E-state index < -0.39 is 12.0 Å². The van der Waals surface area contributed by atoms with Crippen LogP contribution in [0.15, 0.2) is 24.3 Å². The Kier molecular flexibility index (Phi) is 4.21. The standard InChI is InChI=1S/C16H22N2O3/c1-16(2,3)11-6-8-12(9-7-11)17-15(21)18-10-4-5-13(18)14(19)20/h6-9,13H,4-5,10H2,1-3H3,(H,17,21)(H,19,20)/t13-/m1/s1. The van der Waals surface area contributed by atoms with E-state index in [-0.39, 0.29) is 11.4 Å². The van der Waals surface area contributed by atoms with Gasteiger partial charge in [0.2, 0.25) is 0 Å². The van der Waals surface area contributed by atoms with E-state index in [1.54, 1.807) is 0 Å². The van der Waals surface area contributed by atoms with Crippen molar-refractivity contribution in [2.75, 3.05) is 11.9 Å². The Hall–Kier alpha value is -2.04. The number of nitrogens with one attached hydrogen (secondary N) is 1. The van der Waals surface area contributed by atoms with E-state index in [0.29, 0.717) is 18.7 Å². The van der Waals surface area contributed by atoms with Gasteiger partial charge in [-0.05, 0) is 36.0 Å². The first-order chi connectivity index (χ1) is 9.79. The fourth-order valence-corrected chi connectivity index (χ4v) is 2.52. The predicted octanol–water partition coefficient (Wildman–Crippen LogP) is 3.07. The predicted molar refractivity (Wildman–Crippen MR) is 81.5 cm³/mol. The van der Waals surface area contributed by atoms with Crippen LogP contribution in [0.1, 0.15) is 39.2 Å². The van der Waals surface area contributed by atoms with Crippen molar-refractivity contribution in [1.29, 1.82) is 0 Å². The molecule has 0 aliphatic carbocycles. The van der Waals surface area contributed by atoms with E-state index in [0.717, 1.165) is 6.42 Å². The number of amides is 2. The van der Waals surface area contributed by atoms with Gasteiger partial charge >= 0.3 is 12.0 Å². The molecule has 0 saturated carbocycles. The number of hydrogen-bond donors (Lipinski definition) is 2. The molecule has 0 bridgehead atoms. The number of aliphatic carboxylic acids is 1. The average molecular weight is 290 g/mol. The molecular weight excluding hydrogens is 268 g/mol. The molecule has 1 aliphatic heterocycles. The van der Waals surface area contributed by atoms with Crippen LogP contribution in [0.5, 0.6) is 0 Å². The highest BCUT2D eigenvalue weighted by Gasteiger charge is 2.33. The molecule has 114 valence electrons. The smallest absolute Gasteiger partial charge is 0.326 e. The van der Waals surface area contributed by atoms with E-state index >= 15 is 0 Å². The zero-order valence-corrected chi connectivity index (χ0v) is 12.7. The Morgan fingerprint density at radius 1 is 1.24 bits per heavy atom. The maximum atomic E-state index is 12.2. The summed E-state index contributed by atoms with van der Waals surface area (Å²) in [5.41, 5.74) is 1.93. The quantitative estimate of drug-likeness (QED) is 0.879. The Morgan fingerprint density at radius 2 is 1.86 bits per heavy atom. The van der Waals surface area contributed by atoms with Crippen molar-refractivity contribution in [2.45, 2.75) is 45.1 Å². The lowest BCUT2D eigenvalue weighted by molar-refractivity contribution is -0.141. The maximum Gasteiger partial charge on any atom is 0.326 e. The molecule has 1 aliphatic rings. The van der Waals surface area contributed by atoms with Gasteiger partial charge in [0.05, 0.1) is 0 Å². The largest absolute Gasteiger partial charge is 0.480 e. The van der Waals surface area contributed by atoms with Crippen molar-refractivity contribution in [3.63, 3.8) is 0 Å². The number of rotatable bonds is 2. The first-order valence-electron chi connectivity index (χ1n) is 7.20. The number of anilines is 1. The number of carboxylic acid groups (broad SMARTS) is 1. The molecule has 1 aromatic carbocycles. The van der Waals surface area contributed by atoms with Gasteiger partial charge in [-0.15, -0.1) is 0 Å². The minimum atomic E-state index is -0.939. The minimum Gasteiger partial charge on any atom is -0.480 e. The zero-order valence-electron chi connectivity index (χ0n) is 12.7. The number of nitrogens with zero attached hydrogens (tertiary/aromatic N) is 1. The van der Waals surface area contributed by atoms with Gasteiger partial charge in [-0.2, -0.15) is 0 Å². The van der Waals surface area contributed by atoms with Gasteiger partial charge in [-0.25, -0.2) is 9.59 Å². The van der Waals surface area contributed by atoms with Crippen molar-refractivity contribution >= 4 is 17.7 Å². The molecule has 0 aromatic heterocycles. The summed E-state index contributed by atoms with van der Waals surface area (Å²) < 4.78 is 0. The van der Waals surface area contributed by atoms with Gasteiger partial charge in [-0.1, -0.05) is 32.9 Å². The molecule has 0 radical (unpaired) electrons. The van der Waals surface area contributed by atoms with Gasteiger partial charge in [0.15, 0.2) is 0 Å². The first-order valence-corrected chi connectivity index (χ1v) is 7.20. The molecule has 0 unspecified atom stereocenters. The van der Waals surface area contributed by atoms with Crippen LogP contribution in [-0.2, 0) is 10.2 Å². The average Bonchev–Trinajstić information content (AvgIpc) is 2.87. The number of likely N-dealkylation sites (tertiary alicyclic amines) is 1. The minimum absolute atomic E-state index is 0.0614. The molecule has 2 N–H and O–H groups in total. The van der Waals surface area contributed by atoms with Crippen LogP contribution in [-0.4, -0.2) is 34.6 Å². The van der Waals surface area contributed by atoms with Crippen molar-refractivity contribution < 1.29 is 14.7 Å². The number of carbonyl (C=O) groups excluding carboxylic acids is 1. The van der Waals surface area contributed by atoms with Crippen molar-refractivity contribution in [2.24, 2.45) is 0 Å². The van der Waals surface area contributed by atoms with Crippen LogP contribution in [0.2, 0.25) is 0 Å². The summed E-state index contributed by atoms with van der Waals surface area (Å²) in [4.78, 5) is 24.7. The van der Waals surface area contributed by atoms with E-state index in [4.69, 9.17) is 5.11 Å². The Morgan fingerprint density at radius 3 is 2.38 bits per heavy atom. The Labute approximate surface area is 125 Å². The van der Waals surface area contributed by atoms with E-state index in [1.165, 1.54) is 10.5 Å². The fourth-order valence-electron chi connectivity index (χ4n) is 2.52. The van der Waals surface area contributed by atoms with E-state index in [1.807, 2.05) is 24.3 Å². The number of carbonyl (C=O) groups is 2. The van der Waals surface area contributed by atoms with Gasteiger partial charge in [0.1, 0.15) is 6.04 Å². The molecular formula is C16H22N2O3. The lowest BCUT2D eigenvalue weighted by Crippen LogP contribution is -2.42. The third kappa shape index (κ3) is 3.54. The molecule has 1 atom stereocenters. The SMILES string of the molecule is CC(C)(C)c1ccc(NC(=O)N2CCC[C@@H]2C(=O)O)cc1. The number of benzene rings is 1. The summed E-state index contributed by atoms with van der Waals surface area (Å²) in [6.45, 7) is 6.87. The monoisotopic (exact) mass is 290 g/mol. The van der Waals surface area contributed by atoms with E-state index in [9.17, 15) is 9.59 Å². The molecule has 2 amide bonds. The summed E-state index contributed by atoms with van der Waals surface area (Å²) >= 11 is 0. The molecule has 1 fully saturated rings. The Balaban J connectivity index is 2.04. The second-order valence-corrected chi connectivity index (χ2v) is 6.45. The summed E-state index contributed by atoms with van der Waals surface area (Å²) in [6.07, 6.45) is 1.25. The van der Waals surface area contributed by atoms with Crippen LogP contribution in [0.4, 0.5) is 10.5 Å². The van der Waals surface area contributed by atoms with E-state index in [2.05, 4.69) is 26.1 Å². The molecule has 0 spiro atoms. The molecule has 2 rings (SSSR count). The fraction of sp³-hybridized carbons (Fsp3) is 0.500. The number of carboxylic acids is 1. The van der Waals surface area contributed by atoms with Crippen LogP contribution in [0.3, 0.4) is 0 Å². The van der Waals surface area contributed by atoms with Crippen molar-refractivity contribution in [3.8, 4) is 0 Å². The second kappa shape index (κ2) is 5.76. The summed E-state index contributed by atoms with van der Waals surface area (Å²) in [7, 11) is 0. The molecule has 5 nitrogen and oxygen atoms in total. The number of hydrogen-bond acceptors (Lipinski definition) is 2. The molecule has 21 heavy (non-hydrogen) atoms. The van der Waals surface area contributed by atoms with Crippen LogP contribution >= 0.6 is 0 Å². The Bertz CT molecular complexity index is 531. The molecule has 1 saturated heterocycles. The maximum absolute atomic E-state index is 12.2. The van der Waals surface area contributed by atoms with Gasteiger partial charge < -0.3 is 15.3 Å². The highest BCUT2D eigenvalue weighted by molar-refractivity contribution is 5.92. The molecule has 1 heterocycles. The molecule has 1 aromatic rings.